The molecule has 0 saturated carbocycles. The molecule has 0 bridgehead atoms. The highest BCUT2D eigenvalue weighted by Crippen LogP contribution is 2.26. The minimum atomic E-state index is -1.15. The predicted octanol–water partition coefficient (Wildman–Crippen LogP) is 3.28. The zero-order valence-electron chi connectivity index (χ0n) is 15.3. The summed E-state index contributed by atoms with van der Waals surface area (Å²) in [6.45, 7) is 0. The average Bonchev–Trinajstić information content (AvgIpc) is 3.26. The first-order valence-electron chi connectivity index (χ1n) is 8.47. The highest BCUT2D eigenvalue weighted by molar-refractivity contribution is 7.10. The number of esters is 1. The van der Waals surface area contributed by atoms with E-state index in [-0.39, 0.29) is 28.3 Å². The van der Waals surface area contributed by atoms with Crippen LogP contribution in [0.5, 0.6) is 11.5 Å². The van der Waals surface area contributed by atoms with Crippen molar-refractivity contribution in [2.24, 2.45) is 0 Å². The predicted molar refractivity (Wildman–Crippen MR) is 108 cm³/mol. The van der Waals surface area contributed by atoms with Crippen LogP contribution in [0.25, 0.3) is 6.08 Å². The normalized spacial score (nSPS) is 12.0. The maximum Gasteiger partial charge on any atom is 0.343 e. The molecule has 0 spiro atoms. The second kappa shape index (κ2) is 9.26. The van der Waals surface area contributed by atoms with Crippen LogP contribution in [0.15, 0.2) is 66.1 Å². The number of carbonyl (C=O) groups excluding carboxylic acids is 2. The van der Waals surface area contributed by atoms with Crippen LogP contribution in [0.2, 0.25) is 0 Å². The molecule has 8 heteroatoms. The van der Waals surface area contributed by atoms with E-state index in [1.54, 1.807) is 12.1 Å². The van der Waals surface area contributed by atoms with Crippen molar-refractivity contribution in [1.82, 2.24) is 0 Å². The summed E-state index contributed by atoms with van der Waals surface area (Å²) in [5.74, 6) is -0.642. The molecule has 148 valence electrons. The maximum absolute atomic E-state index is 12.7. The first-order chi connectivity index (χ1) is 14.0. The number of nitrogens with one attached hydrogen (secondary N) is 1. The average molecular weight is 411 g/mol. The summed E-state index contributed by atoms with van der Waals surface area (Å²) >= 11 is 1.49. The van der Waals surface area contributed by atoms with Crippen LogP contribution in [0.1, 0.15) is 25.6 Å². The number of hydrogen-bond donors (Lipinski definition) is 2. The number of quaternary nitrogens is 1. The summed E-state index contributed by atoms with van der Waals surface area (Å²) in [5, 5.41) is 20.9. The fraction of sp³-hybridized carbons (Fsp3) is 0.0476. The number of ketones is 1. The molecule has 0 aliphatic rings. The van der Waals surface area contributed by atoms with Gasteiger partial charge in [-0.3, -0.25) is 4.79 Å². The van der Waals surface area contributed by atoms with E-state index in [2.05, 4.69) is 0 Å². The Hall–Kier alpha value is -3.30. The Bertz CT molecular complexity index is 1040. The molecule has 0 amide bonds. The molecular formula is C21H17NO6S. The van der Waals surface area contributed by atoms with Crippen molar-refractivity contribution < 1.29 is 29.5 Å². The largest absolute Gasteiger partial charge is 0.595 e. The Kier molecular flexibility index (Phi) is 6.53. The summed E-state index contributed by atoms with van der Waals surface area (Å²) in [6.07, 6.45) is 3.07. The lowest BCUT2D eigenvalue weighted by atomic mass is 10.1. The van der Waals surface area contributed by atoms with Crippen molar-refractivity contribution in [3.63, 3.8) is 0 Å². The lowest BCUT2D eigenvalue weighted by molar-refractivity contribution is -0.991. The number of allylic oxidation sites excluding steroid dienone is 1. The van der Waals surface area contributed by atoms with Gasteiger partial charge in [0.2, 0.25) is 0 Å². The molecule has 0 radical (unpaired) electrons. The first-order valence-corrected chi connectivity index (χ1v) is 9.35. The monoisotopic (exact) mass is 411 g/mol. The van der Waals surface area contributed by atoms with Gasteiger partial charge in [-0.15, -0.1) is 11.3 Å². The summed E-state index contributed by atoms with van der Waals surface area (Å²) in [7, 11) is 1.47. The van der Waals surface area contributed by atoms with E-state index in [0.29, 0.717) is 5.75 Å². The maximum atomic E-state index is 12.7. The molecule has 1 unspecified atom stereocenters. The molecule has 1 heterocycles. The third-order valence-electron chi connectivity index (χ3n) is 3.94. The van der Waals surface area contributed by atoms with Crippen LogP contribution >= 0.6 is 11.3 Å². The molecule has 0 aliphatic carbocycles. The van der Waals surface area contributed by atoms with Crippen molar-refractivity contribution in [2.75, 3.05) is 7.11 Å². The van der Waals surface area contributed by atoms with E-state index >= 15 is 0 Å². The zero-order chi connectivity index (χ0) is 20.8. The standard InChI is InChI=1S/C21H17NO6S/c1-27-16-7-10-20(18(13-16)19(23)9-8-17-6-3-11-29-17)28-21(24)14-4-2-5-15(12-14)22(25)26/h2-13,22,25H,1H3. The number of rotatable bonds is 7. The van der Waals surface area contributed by atoms with E-state index in [1.165, 1.54) is 60.9 Å². The molecule has 2 aromatic carbocycles. The SMILES string of the molecule is COc1ccc(OC(=O)c2cccc([NH+]([O-])O)c2)c(C(=O)C=Cc2cccs2)c1. The highest BCUT2D eigenvalue weighted by atomic mass is 32.1. The molecule has 0 saturated heterocycles. The Morgan fingerprint density at radius 2 is 1.97 bits per heavy atom. The number of thiophene rings is 1. The van der Waals surface area contributed by atoms with Crippen LogP contribution in [-0.2, 0) is 0 Å². The van der Waals surface area contributed by atoms with Gasteiger partial charge in [0.15, 0.2) is 11.5 Å². The molecule has 7 nitrogen and oxygen atoms in total. The van der Waals surface area contributed by atoms with E-state index in [9.17, 15) is 14.8 Å². The molecule has 3 rings (SSSR count). The number of ether oxygens (including phenoxy) is 2. The molecule has 3 aromatic rings. The quantitative estimate of drug-likeness (QED) is 0.203. The van der Waals surface area contributed by atoms with Gasteiger partial charge in [0.05, 0.1) is 18.2 Å². The van der Waals surface area contributed by atoms with Gasteiger partial charge >= 0.3 is 5.97 Å². The highest BCUT2D eigenvalue weighted by Gasteiger charge is 2.17. The lowest BCUT2D eigenvalue weighted by Gasteiger charge is -2.13. The minimum absolute atomic E-state index is 0.0376. The van der Waals surface area contributed by atoms with Gasteiger partial charge in [0.25, 0.3) is 0 Å². The second-order valence-corrected chi connectivity index (χ2v) is 6.83. The van der Waals surface area contributed by atoms with E-state index < -0.39 is 11.2 Å². The van der Waals surface area contributed by atoms with Crippen molar-refractivity contribution in [3.05, 3.63) is 87.3 Å². The molecular weight excluding hydrogens is 394 g/mol. The Morgan fingerprint density at radius 3 is 2.66 bits per heavy atom. The van der Waals surface area contributed by atoms with Gasteiger partial charge in [0.1, 0.15) is 11.5 Å². The van der Waals surface area contributed by atoms with Crippen molar-refractivity contribution in [3.8, 4) is 11.5 Å². The van der Waals surface area contributed by atoms with Gasteiger partial charge in [-0.25, -0.2) is 10.0 Å². The molecule has 2 N–H and O–H groups in total. The summed E-state index contributed by atoms with van der Waals surface area (Å²) in [5.41, 5.74) is 0.178. The summed E-state index contributed by atoms with van der Waals surface area (Å²) < 4.78 is 10.5. The van der Waals surface area contributed by atoms with Crippen LogP contribution < -0.4 is 14.7 Å². The van der Waals surface area contributed by atoms with Gasteiger partial charge in [0, 0.05) is 17.0 Å². The van der Waals surface area contributed by atoms with Crippen LogP contribution in [-0.4, -0.2) is 24.1 Å². The second-order valence-electron chi connectivity index (χ2n) is 5.85. The molecule has 29 heavy (non-hydrogen) atoms. The van der Waals surface area contributed by atoms with Gasteiger partial charge in [-0.05, 0) is 47.9 Å². The topological polar surface area (TPSA) is 100 Å². The van der Waals surface area contributed by atoms with Crippen molar-refractivity contribution in [1.29, 1.82) is 0 Å². The van der Waals surface area contributed by atoms with E-state index in [4.69, 9.17) is 14.7 Å². The first kappa shape index (κ1) is 20.4. The van der Waals surface area contributed by atoms with Crippen LogP contribution in [0, 0.1) is 5.21 Å². The van der Waals surface area contributed by atoms with Gasteiger partial charge < -0.3 is 14.7 Å². The van der Waals surface area contributed by atoms with Gasteiger partial charge in [-0.1, -0.05) is 12.1 Å². The van der Waals surface area contributed by atoms with Crippen LogP contribution in [0.3, 0.4) is 0 Å². The molecule has 1 atom stereocenters. The van der Waals surface area contributed by atoms with Crippen molar-refractivity contribution in [2.45, 2.75) is 0 Å². The zero-order valence-corrected chi connectivity index (χ0v) is 16.1. The molecule has 1 aromatic heterocycles. The number of methoxy groups -OCH3 is 1. The summed E-state index contributed by atoms with van der Waals surface area (Å²) in [4.78, 5) is 26.1. The fourth-order valence-corrected chi connectivity index (χ4v) is 3.11. The molecule has 0 fully saturated rings. The minimum Gasteiger partial charge on any atom is -0.595 e. The number of hydrogen-bond acceptors (Lipinski definition) is 7. The van der Waals surface area contributed by atoms with Crippen molar-refractivity contribution >= 4 is 34.9 Å². The summed E-state index contributed by atoms with van der Waals surface area (Å²) in [6, 6.07) is 13.7. The third kappa shape index (κ3) is 5.15. The smallest absolute Gasteiger partial charge is 0.343 e. The Labute approximate surface area is 170 Å². The van der Waals surface area contributed by atoms with Crippen LogP contribution in [0.4, 0.5) is 5.69 Å². The van der Waals surface area contributed by atoms with E-state index in [1.807, 2.05) is 17.5 Å². The van der Waals surface area contributed by atoms with Gasteiger partial charge in [-0.2, -0.15) is 5.23 Å². The Balaban J connectivity index is 1.87. The number of benzene rings is 2. The third-order valence-corrected chi connectivity index (χ3v) is 4.78. The Morgan fingerprint density at radius 1 is 1.14 bits per heavy atom. The van der Waals surface area contributed by atoms with E-state index in [0.717, 1.165) is 4.88 Å². The molecule has 0 aliphatic heterocycles. The fourth-order valence-electron chi connectivity index (χ4n) is 2.49. The lowest BCUT2D eigenvalue weighted by Crippen LogP contribution is -2.99. The number of carbonyl (C=O) groups is 2.